The van der Waals surface area contributed by atoms with Crippen molar-refractivity contribution >= 4 is 11.8 Å². The standard InChI is InChI=1S/C14H12N2S/c1-2-17-14-8-12(10-16-13(14)9-15)11-6-4-3-5-7-11/h3-8,10H,2H2,1H3. The molecule has 0 atom stereocenters. The summed E-state index contributed by atoms with van der Waals surface area (Å²) >= 11 is 1.65. The highest BCUT2D eigenvalue weighted by Crippen LogP contribution is 2.26. The van der Waals surface area contributed by atoms with Gasteiger partial charge in [0.25, 0.3) is 0 Å². The summed E-state index contributed by atoms with van der Waals surface area (Å²) in [5.74, 6) is 0.939. The molecule has 1 aromatic heterocycles. The molecule has 1 heterocycles. The monoisotopic (exact) mass is 240 g/mol. The molecule has 0 aliphatic carbocycles. The van der Waals surface area contributed by atoms with Gasteiger partial charge in [0.05, 0.1) is 0 Å². The summed E-state index contributed by atoms with van der Waals surface area (Å²) in [4.78, 5) is 5.17. The normalized spacial score (nSPS) is 9.88. The van der Waals surface area contributed by atoms with Gasteiger partial charge in [0, 0.05) is 16.7 Å². The van der Waals surface area contributed by atoms with Crippen molar-refractivity contribution in [2.45, 2.75) is 11.8 Å². The van der Waals surface area contributed by atoms with Gasteiger partial charge in [0.1, 0.15) is 6.07 Å². The van der Waals surface area contributed by atoms with E-state index in [1.54, 1.807) is 18.0 Å². The summed E-state index contributed by atoms with van der Waals surface area (Å²) in [6.45, 7) is 2.07. The van der Waals surface area contributed by atoms with E-state index in [1.807, 2.05) is 36.4 Å². The van der Waals surface area contributed by atoms with Crippen molar-refractivity contribution < 1.29 is 0 Å². The molecule has 0 unspecified atom stereocenters. The van der Waals surface area contributed by atoms with Crippen LogP contribution in [0.1, 0.15) is 12.6 Å². The highest BCUT2D eigenvalue weighted by molar-refractivity contribution is 7.99. The Labute approximate surface area is 105 Å². The number of pyridine rings is 1. The number of hydrogen-bond acceptors (Lipinski definition) is 3. The third-order valence-corrected chi connectivity index (χ3v) is 3.28. The molecule has 0 radical (unpaired) electrons. The highest BCUT2D eigenvalue weighted by atomic mass is 32.2. The largest absolute Gasteiger partial charge is 0.244 e. The summed E-state index contributed by atoms with van der Waals surface area (Å²) < 4.78 is 0. The van der Waals surface area contributed by atoms with Gasteiger partial charge in [0.2, 0.25) is 0 Å². The topological polar surface area (TPSA) is 36.7 Å². The predicted octanol–water partition coefficient (Wildman–Crippen LogP) is 3.73. The highest BCUT2D eigenvalue weighted by Gasteiger charge is 2.06. The number of hydrogen-bond donors (Lipinski definition) is 0. The van der Waals surface area contributed by atoms with Crippen LogP contribution in [0.5, 0.6) is 0 Å². The number of nitrogens with zero attached hydrogens (tertiary/aromatic N) is 2. The van der Waals surface area contributed by atoms with Gasteiger partial charge in [-0.25, -0.2) is 4.98 Å². The lowest BCUT2D eigenvalue weighted by Crippen LogP contribution is -1.89. The maximum Gasteiger partial charge on any atom is 0.154 e. The van der Waals surface area contributed by atoms with Crippen molar-refractivity contribution in [1.29, 1.82) is 5.26 Å². The average Bonchev–Trinajstić information content (AvgIpc) is 2.40. The SMILES string of the molecule is CCSc1cc(-c2ccccc2)cnc1C#N. The first-order valence-corrected chi connectivity index (χ1v) is 6.42. The molecule has 0 bridgehead atoms. The minimum absolute atomic E-state index is 0.511. The van der Waals surface area contributed by atoms with E-state index in [1.165, 1.54) is 0 Å². The molecule has 0 N–H and O–H groups in total. The Balaban J connectivity index is 2.45. The summed E-state index contributed by atoms with van der Waals surface area (Å²) in [5, 5.41) is 8.98. The van der Waals surface area contributed by atoms with E-state index in [0.29, 0.717) is 5.69 Å². The Morgan fingerprint density at radius 2 is 2.00 bits per heavy atom. The quantitative estimate of drug-likeness (QED) is 0.767. The minimum atomic E-state index is 0.511. The first kappa shape index (κ1) is 11.7. The first-order chi connectivity index (χ1) is 8.35. The molecule has 0 saturated carbocycles. The van der Waals surface area contributed by atoms with Crippen LogP contribution in [0.2, 0.25) is 0 Å². The molecule has 0 saturated heterocycles. The average molecular weight is 240 g/mol. The van der Waals surface area contributed by atoms with Crippen LogP contribution in [-0.4, -0.2) is 10.7 Å². The van der Waals surface area contributed by atoms with Gasteiger partial charge in [-0.2, -0.15) is 5.26 Å². The first-order valence-electron chi connectivity index (χ1n) is 5.43. The maximum atomic E-state index is 8.98. The summed E-state index contributed by atoms with van der Waals surface area (Å²) in [7, 11) is 0. The minimum Gasteiger partial charge on any atom is -0.244 e. The van der Waals surface area contributed by atoms with Gasteiger partial charge in [-0.1, -0.05) is 37.3 Å². The maximum absolute atomic E-state index is 8.98. The molecular formula is C14H12N2S. The lowest BCUT2D eigenvalue weighted by Gasteiger charge is -2.05. The smallest absolute Gasteiger partial charge is 0.154 e. The second-order valence-corrected chi connectivity index (χ2v) is 4.79. The summed E-state index contributed by atoms with van der Waals surface area (Å²) in [6, 6.07) is 14.2. The number of nitriles is 1. The Bertz CT molecular complexity index is 544. The molecule has 84 valence electrons. The molecule has 0 aliphatic heterocycles. The number of benzene rings is 1. The van der Waals surface area contributed by atoms with Crippen molar-refractivity contribution in [3.05, 3.63) is 48.3 Å². The van der Waals surface area contributed by atoms with E-state index in [9.17, 15) is 0 Å². The van der Waals surface area contributed by atoms with Crippen LogP contribution >= 0.6 is 11.8 Å². The lowest BCUT2D eigenvalue weighted by atomic mass is 10.1. The fraction of sp³-hybridized carbons (Fsp3) is 0.143. The van der Waals surface area contributed by atoms with E-state index in [0.717, 1.165) is 21.8 Å². The molecule has 0 spiro atoms. The number of aromatic nitrogens is 1. The fourth-order valence-electron chi connectivity index (χ4n) is 1.58. The van der Waals surface area contributed by atoms with E-state index in [-0.39, 0.29) is 0 Å². The zero-order chi connectivity index (χ0) is 12.1. The molecule has 17 heavy (non-hydrogen) atoms. The van der Waals surface area contributed by atoms with Crippen molar-refractivity contribution in [3.63, 3.8) is 0 Å². The third kappa shape index (κ3) is 2.66. The Morgan fingerprint density at radius 1 is 1.24 bits per heavy atom. The van der Waals surface area contributed by atoms with Crippen LogP contribution in [0.25, 0.3) is 11.1 Å². The van der Waals surface area contributed by atoms with Crippen molar-refractivity contribution in [2.24, 2.45) is 0 Å². The van der Waals surface area contributed by atoms with Gasteiger partial charge in [0.15, 0.2) is 5.69 Å². The van der Waals surface area contributed by atoms with Crippen molar-refractivity contribution in [2.75, 3.05) is 5.75 Å². The Kier molecular flexibility index (Phi) is 3.79. The van der Waals surface area contributed by atoms with Crippen molar-refractivity contribution in [1.82, 2.24) is 4.98 Å². The number of thioether (sulfide) groups is 1. The molecule has 0 aliphatic rings. The summed E-state index contributed by atoms with van der Waals surface area (Å²) in [5.41, 5.74) is 2.69. The zero-order valence-corrected chi connectivity index (χ0v) is 10.4. The summed E-state index contributed by atoms with van der Waals surface area (Å²) in [6.07, 6.45) is 1.76. The predicted molar refractivity (Wildman–Crippen MR) is 70.8 cm³/mol. The second-order valence-electron chi connectivity index (χ2n) is 3.48. The van der Waals surface area contributed by atoms with Gasteiger partial charge in [-0.3, -0.25) is 0 Å². The fourth-order valence-corrected chi connectivity index (χ4v) is 2.34. The Hall–Kier alpha value is -1.79. The van der Waals surface area contributed by atoms with Gasteiger partial charge in [-0.05, 0) is 17.4 Å². The van der Waals surface area contributed by atoms with Crippen molar-refractivity contribution in [3.8, 4) is 17.2 Å². The Morgan fingerprint density at radius 3 is 2.65 bits per heavy atom. The van der Waals surface area contributed by atoms with Gasteiger partial charge >= 0.3 is 0 Å². The van der Waals surface area contributed by atoms with Crippen LogP contribution in [-0.2, 0) is 0 Å². The molecular weight excluding hydrogens is 228 g/mol. The van der Waals surface area contributed by atoms with E-state index in [4.69, 9.17) is 5.26 Å². The molecule has 2 rings (SSSR count). The zero-order valence-electron chi connectivity index (χ0n) is 9.55. The van der Waals surface area contributed by atoms with Crippen LogP contribution in [0, 0.1) is 11.3 Å². The molecule has 2 aromatic rings. The lowest BCUT2D eigenvalue weighted by molar-refractivity contribution is 1.18. The third-order valence-electron chi connectivity index (χ3n) is 2.37. The van der Waals surface area contributed by atoms with Gasteiger partial charge < -0.3 is 0 Å². The molecule has 1 aromatic carbocycles. The number of rotatable bonds is 3. The van der Waals surface area contributed by atoms with Crippen LogP contribution in [0.4, 0.5) is 0 Å². The van der Waals surface area contributed by atoms with Crippen LogP contribution < -0.4 is 0 Å². The van der Waals surface area contributed by atoms with E-state index < -0.39 is 0 Å². The van der Waals surface area contributed by atoms with Crippen LogP contribution in [0.15, 0.2) is 47.5 Å². The molecule has 2 nitrogen and oxygen atoms in total. The molecule has 3 heteroatoms. The second kappa shape index (κ2) is 5.51. The van der Waals surface area contributed by atoms with E-state index >= 15 is 0 Å². The van der Waals surface area contributed by atoms with E-state index in [2.05, 4.69) is 18.0 Å². The molecule has 0 fully saturated rings. The van der Waals surface area contributed by atoms with Crippen LogP contribution in [0.3, 0.4) is 0 Å². The van der Waals surface area contributed by atoms with Gasteiger partial charge in [-0.15, -0.1) is 11.8 Å². The molecule has 0 amide bonds.